The molecule has 2 amide bonds. The Hall–Kier alpha value is -1.84. The number of amides is 2. The zero-order chi connectivity index (χ0) is 14.3. The quantitative estimate of drug-likeness (QED) is 0.738. The summed E-state index contributed by atoms with van der Waals surface area (Å²) in [5.74, 6) is -0.255. The van der Waals surface area contributed by atoms with Crippen LogP contribution in [0.5, 0.6) is 0 Å². The normalized spacial score (nSPS) is 10.1. The van der Waals surface area contributed by atoms with Crippen LogP contribution in [0.4, 0.5) is 5.69 Å². The highest BCUT2D eigenvalue weighted by Gasteiger charge is 2.19. The summed E-state index contributed by atoms with van der Waals surface area (Å²) in [6, 6.07) is 9.43. The molecule has 0 radical (unpaired) electrons. The summed E-state index contributed by atoms with van der Waals surface area (Å²) in [7, 11) is 0. The Morgan fingerprint density at radius 3 is 1.95 bits per heavy atom. The molecule has 0 heterocycles. The fourth-order valence-electron chi connectivity index (χ4n) is 2.02. The van der Waals surface area contributed by atoms with Crippen molar-refractivity contribution in [2.45, 2.75) is 27.2 Å². The van der Waals surface area contributed by atoms with Crippen LogP contribution >= 0.6 is 0 Å². The minimum atomic E-state index is -0.148. The van der Waals surface area contributed by atoms with E-state index >= 15 is 0 Å². The van der Waals surface area contributed by atoms with Gasteiger partial charge in [-0.15, -0.1) is 0 Å². The van der Waals surface area contributed by atoms with Crippen LogP contribution in [0.3, 0.4) is 0 Å². The van der Waals surface area contributed by atoms with Gasteiger partial charge >= 0.3 is 0 Å². The van der Waals surface area contributed by atoms with Gasteiger partial charge in [0.25, 0.3) is 0 Å². The molecule has 0 aliphatic carbocycles. The van der Waals surface area contributed by atoms with Gasteiger partial charge in [0.2, 0.25) is 11.8 Å². The Balaban J connectivity index is 2.73. The van der Waals surface area contributed by atoms with Gasteiger partial charge in [0.05, 0.1) is 0 Å². The van der Waals surface area contributed by atoms with Gasteiger partial charge in [0, 0.05) is 25.3 Å². The summed E-state index contributed by atoms with van der Waals surface area (Å²) in [6.07, 6.45) is -0.0651. The molecule has 0 saturated heterocycles. The number of hydrogen-bond donors (Lipinski definition) is 0. The maximum Gasteiger partial charge on any atom is 0.236 e. The molecule has 4 heteroatoms. The van der Waals surface area contributed by atoms with E-state index in [2.05, 4.69) is 0 Å². The van der Waals surface area contributed by atoms with Crippen molar-refractivity contribution < 1.29 is 9.59 Å². The number of carbonyl (C=O) groups excluding carboxylic acids is 2. The van der Waals surface area contributed by atoms with Crippen molar-refractivity contribution in [3.8, 4) is 0 Å². The highest BCUT2D eigenvalue weighted by Crippen LogP contribution is 2.14. The molecule has 0 aliphatic rings. The van der Waals surface area contributed by atoms with E-state index in [0.717, 1.165) is 5.69 Å². The van der Waals surface area contributed by atoms with E-state index in [1.54, 1.807) is 9.80 Å². The van der Waals surface area contributed by atoms with Gasteiger partial charge in [0.1, 0.15) is 6.42 Å². The van der Waals surface area contributed by atoms with Crippen LogP contribution in [-0.4, -0.2) is 36.3 Å². The third kappa shape index (κ3) is 4.09. The Kier molecular flexibility index (Phi) is 6.06. The second kappa shape index (κ2) is 7.56. The number of hydrogen-bond acceptors (Lipinski definition) is 2. The maximum atomic E-state index is 12.2. The van der Waals surface area contributed by atoms with Gasteiger partial charge in [-0.25, -0.2) is 0 Å². The molecule has 19 heavy (non-hydrogen) atoms. The van der Waals surface area contributed by atoms with E-state index in [1.807, 2.05) is 51.1 Å². The third-order valence-corrected chi connectivity index (χ3v) is 3.10. The Morgan fingerprint density at radius 2 is 1.47 bits per heavy atom. The van der Waals surface area contributed by atoms with Crippen molar-refractivity contribution in [1.29, 1.82) is 0 Å². The zero-order valence-electron chi connectivity index (χ0n) is 11.9. The molecule has 0 spiro atoms. The molecule has 0 N–H and O–H groups in total. The molecular weight excluding hydrogens is 240 g/mol. The number of benzene rings is 1. The van der Waals surface area contributed by atoms with Crippen molar-refractivity contribution in [2.75, 3.05) is 24.5 Å². The molecule has 0 fully saturated rings. The summed E-state index contributed by atoms with van der Waals surface area (Å²) >= 11 is 0. The molecule has 0 atom stereocenters. The number of para-hydroxylation sites is 1. The van der Waals surface area contributed by atoms with Gasteiger partial charge in [-0.05, 0) is 32.9 Å². The predicted octanol–water partition coefficient (Wildman–Crippen LogP) is 2.30. The summed E-state index contributed by atoms with van der Waals surface area (Å²) < 4.78 is 0. The lowest BCUT2D eigenvalue weighted by Gasteiger charge is -2.23. The highest BCUT2D eigenvalue weighted by molar-refractivity contribution is 6.04. The standard InChI is InChI=1S/C15H22N2O2/c1-4-16(5-2)14(18)12-15(19)17(6-3)13-10-8-7-9-11-13/h7-11H,4-6,12H2,1-3H3. The van der Waals surface area contributed by atoms with E-state index in [4.69, 9.17) is 0 Å². The van der Waals surface area contributed by atoms with Crippen LogP contribution in [-0.2, 0) is 9.59 Å². The number of nitrogens with zero attached hydrogens (tertiary/aromatic N) is 2. The van der Waals surface area contributed by atoms with E-state index in [1.165, 1.54) is 0 Å². The van der Waals surface area contributed by atoms with Gasteiger partial charge < -0.3 is 9.80 Å². The van der Waals surface area contributed by atoms with Gasteiger partial charge in [-0.3, -0.25) is 9.59 Å². The average Bonchev–Trinajstić information content (AvgIpc) is 2.42. The highest BCUT2D eigenvalue weighted by atomic mass is 16.2. The molecule has 1 rings (SSSR count). The molecule has 1 aromatic rings. The first-order valence-electron chi connectivity index (χ1n) is 6.77. The Labute approximate surface area is 115 Å². The number of anilines is 1. The fourth-order valence-corrected chi connectivity index (χ4v) is 2.02. The molecule has 4 nitrogen and oxygen atoms in total. The summed E-state index contributed by atoms with van der Waals surface area (Å²) in [5, 5.41) is 0. The number of rotatable bonds is 6. The second-order valence-corrected chi connectivity index (χ2v) is 4.22. The van der Waals surface area contributed by atoms with Crippen molar-refractivity contribution in [3.05, 3.63) is 30.3 Å². The Bertz CT molecular complexity index is 413. The van der Waals surface area contributed by atoms with Crippen LogP contribution in [0.2, 0.25) is 0 Å². The lowest BCUT2D eigenvalue weighted by atomic mass is 10.2. The first-order chi connectivity index (χ1) is 9.13. The van der Waals surface area contributed by atoms with E-state index < -0.39 is 0 Å². The monoisotopic (exact) mass is 262 g/mol. The van der Waals surface area contributed by atoms with Crippen molar-refractivity contribution in [3.63, 3.8) is 0 Å². The average molecular weight is 262 g/mol. The van der Waals surface area contributed by atoms with E-state index in [0.29, 0.717) is 19.6 Å². The maximum absolute atomic E-state index is 12.2. The molecule has 0 saturated carbocycles. The van der Waals surface area contributed by atoms with E-state index in [9.17, 15) is 9.59 Å². The van der Waals surface area contributed by atoms with Crippen LogP contribution < -0.4 is 4.90 Å². The van der Waals surface area contributed by atoms with Gasteiger partial charge in [0.15, 0.2) is 0 Å². The van der Waals surface area contributed by atoms with Crippen LogP contribution in [0.25, 0.3) is 0 Å². The molecule has 0 aliphatic heterocycles. The molecule has 1 aromatic carbocycles. The predicted molar refractivity (Wildman–Crippen MR) is 77.0 cm³/mol. The van der Waals surface area contributed by atoms with Crippen LogP contribution in [0.1, 0.15) is 27.2 Å². The lowest BCUT2D eigenvalue weighted by Crippen LogP contribution is -2.38. The molecule has 0 aromatic heterocycles. The molecular formula is C15H22N2O2. The van der Waals surface area contributed by atoms with Crippen molar-refractivity contribution >= 4 is 17.5 Å². The third-order valence-electron chi connectivity index (χ3n) is 3.10. The minimum absolute atomic E-state index is 0.0651. The first kappa shape index (κ1) is 15.2. The summed E-state index contributed by atoms with van der Waals surface area (Å²) in [4.78, 5) is 27.5. The Morgan fingerprint density at radius 1 is 0.895 bits per heavy atom. The van der Waals surface area contributed by atoms with Crippen molar-refractivity contribution in [1.82, 2.24) is 4.90 Å². The van der Waals surface area contributed by atoms with Gasteiger partial charge in [-0.1, -0.05) is 18.2 Å². The van der Waals surface area contributed by atoms with E-state index in [-0.39, 0.29) is 18.2 Å². The first-order valence-corrected chi connectivity index (χ1v) is 6.77. The smallest absolute Gasteiger partial charge is 0.236 e. The number of carbonyl (C=O) groups is 2. The SMILES string of the molecule is CCN(CC)C(=O)CC(=O)N(CC)c1ccccc1. The fraction of sp³-hybridized carbons (Fsp3) is 0.467. The lowest BCUT2D eigenvalue weighted by molar-refractivity contribution is -0.134. The zero-order valence-corrected chi connectivity index (χ0v) is 11.9. The summed E-state index contributed by atoms with van der Waals surface area (Å²) in [6.45, 7) is 7.59. The van der Waals surface area contributed by atoms with Gasteiger partial charge in [-0.2, -0.15) is 0 Å². The summed E-state index contributed by atoms with van der Waals surface area (Å²) in [5.41, 5.74) is 0.836. The molecule has 0 bridgehead atoms. The minimum Gasteiger partial charge on any atom is -0.343 e. The second-order valence-electron chi connectivity index (χ2n) is 4.22. The van der Waals surface area contributed by atoms with Crippen LogP contribution in [0, 0.1) is 0 Å². The topological polar surface area (TPSA) is 40.6 Å². The van der Waals surface area contributed by atoms with Crippen LogP contribution in [0.15, 0.2) is 30.3 Å². The molecule has 0 unspecified atom stereocenters. The molecule has 104 valence electrons. The van der Waals surface area contributed by atoms with Crippen molar-refractivity contribution in [2.24, 2.45) is 0 Å². The largest absolute Gasteiger partial charge is 0.343 e.